The van der Waals surface area contributed by atoms with E-state index < -0.39 is 15.4 Å². The van der Waals surface area contributed by atoms with Gasteiger partial charge in [0.1, 0.15) is 0 Å². The summed E-state index contributed by atoms with van der Waals surface area (Å²) in [6, 6.07) is -0.335. The minimum absolute atomic E-state index is 0.00146. The Kier molecular flexibility index (Phi) is 5.00. The first-order valence-electron chi connectivity index (χ1n) is 6.89. The highest BCUT2D eigenvalue weighted by atomic mass is 32.2. The van der Waals surface area contributed by atoms with Crippen LogP contribution in [-0.4, -0.2) is 68.9 Å². The Morgan fingerprint density at radius 2 is 2.10 bits per heavy atom. The fourth-order valence-electron chi connectivity index (χ4n) is 2.49. The first kappa shape index (κ1) is 15.7. The lowest BCUT2D eigenvalue weighted by atomic mass is 9.94. The zero-order valence-corrected chi connectivity index (χ0v) is 12.2. The number of rotatable bonds is 4. The minimum atomic E-state index is -3.03. The van der Waals surface area contributed by atoms with Gasteiger partial charge in [-0.25, -0.2) is 8.42 Å². The van der Waals surface area contributed by atoms with Crippen LogP contribution in [0.15, 0.2) is 0 Å². The highest BCUT2D eigenvalue weighted by molar-refractivity contribution is 7.91. The van der Waals surface area contributed by atoms with Crippen LogP contribution in [0, 0.1) is 0 Å². The number of aliphatic hydroxyl groups is 1. The largest absolute Gasteiger partial charge is 0.388 e. The molecular formula is C12H22N2O5S. The predicted octanol–water partition coefficient (Wildman–Crippen LogP) is -1.58. The van der Waals surface area contributed by atoms with Crippen molar-refractivity contribution < 1.29 is 23.1 Å². The summed E-state index contributed by atoms with van der Waals surface area (Å²) in [5, 5.41) is 15.9. The topological polar surface area (TPSA) is 105 Å². The van der Waals surface area contributed by atoms with Gasteiger partial charge in [-0.05, 0) is 0 Å². The van der Waals surface area contributed by atoms with Crippen molar-refractivity contribution in [3.8, 4) is 0 Å². The summed E-state index contributed by atoms with van der Waals surface area (Å²) < 4.78 is 28.1. The summed E-state index contributed by atoms with van der Waals surface area (Å²) in [5.74, 6) is -0.108. The van der Waals surface area contributed by atoms with Crippen LogP contribution in [0.3, 0.4) is 0 Å². The Labute approximate surface area is 119 Å². The lowest BCUT2D eigenvalue weighted by Gasteiger charge is -2.32. The summed E-state index contributed by atoms with van der Waals surface area (Å²) in [5.41, 5.74) is -0.903. The molecule has 2 fully saturated rings. The molecule has 0 saturated carbocycles. The van der Waals surface area contributed by atoms with Gasteiger partial charge in [-0.2, -0.15) is 0 Å². The van der Waals surface area contributed by atoms with Crippen LogP contribution in [0.5, 0.6) is 0 Å². The molecule has 1 amide bonds. The first-order valence-corrected chi connectivity index (χ1v) is 8.71. The van der Waals surface area contributed by atoms with Gasteiger partial charge in [-0.15, -0.1) is 0 Å². The molecule has 0 aliphatic carbocycles. The summed E-state index contributed by atoms with van der Waals surface area (Å²) in [6.45, 7) is 1.57. The summed E-state index contributed by atoms with van der Waals surface area (Å²) in [4.78, 5) is 11.8. The Morgan fingerprint density at radius 1 is 1.40 bits per heavy atom. The van der Waals surface area contributed by atoms with Crippen LogP contribution in [0.4, 0.5) is 0 Å². The predicted molar refractivity (Wildman–Crippen MR) is 73.1 cm³/mol. The molecule has 8 heteroatoms. The molecule has 0 radical (unpaired) electrons. The molecular weight excluding hydrogens is 284 g/mol. The smallest absolute Gasteiger partial charge is 0.221 e. The van der Waals surface area contributed by atoms with Gasteiger partial charge in [0.15, 0.2) is 9.84 Å². The summed E-state index contributed by atoms with van der Waals surface area (Å²) in [7, 11) is -3.03. The molecule has 116 valence electrons. The molecule has 2 heterocycles. The van der Waals surface area contributed by atoms with Gasteiger partial charge in [0.05, 0.1) is 17.1 Å². The molecule has 20 heavy (non-hydrogen) atoms. The van der Waals surface area contributed by atoms with E-state index in [1.54, 1.807) is 0 Å². The van der Waals surface area contributed by atoms with E-state index in [1.807, 2.05) is 0 Å². The van der Waals surface area contributed by atoms with Gasteiger partial charge >= 0.3 is 0 Å². The van der Waals surface area contributed by atoms with Crippen LogP contribution >= 0.6 is 0 Å². The highest BCUT2D eigenvalue weighted by Crippen LogP contribution is 2.19. The number of sulfone groups is 1. The maximum Gasteiger partial charge on any atom is 0.221 e. The maximum absolute atomic E-state index is 11.8. The van der Waals surface area contributed by atoms with Crippen molar-refractivity contribution in [2.75, 3.05) is 37.8 Å². The molecule has 0 aromatic heterocycles. The summed E-state index contributed by atoms with van der Waals surface area (Å²) >= 11 is 0. The Bertz CT molecular complexity index is 445. The van der Waals surface area contributed by atoms with Gasteiger partial charge in [-0.3, -0.25) is 4.79 Å². The number of hydrogen-bond donors (Lipinski definition) is 3. The molecule has 2 rings (SSSR count). The number of carbonyl (C=O) groups is 1. The third-order valence-corrected chi connectivity index (χ3v) is 5.51. The highest BCUT2D eigenvalue weighted by Gasteiger charge is 2.31. The van der Waals surface area contributed by atoms with E-state index in [1.165, 1.54) is 0 Å². The second-order valence-corrected chi connectivity index (χ2v) is 7.81. The third-order valence-electron chi connectivity index (χ3n) is 3.77. The SMILES string of the molecule is O=C(CC1CS(=O)(=O)CCN1)NCC1(O)CCOCC1. The quantitative estimate of drug-likeness (QED) is 0.579. The Balaban J connectivity index is 1.75. The first-order chi connectivity index (χ1) is 9.39. The molecule has 0 spiro atoms. The summed E-state index contributed by atoms with van der Waals surface area (Å²) in [6.07, 6.45) is 1.12. The lowest BCUT2D eigenvalue weighted by molar-refractivity contribution is -0.124. The van der Waals surface area contributed by atoms with Gasteiger partial charge in [-0.1, -0.05) is 0 Å². The molecule has 0 aromatic rings. The fraction of sp³-hybridized carbons (Fsp3) is 0.917. The zero-order chi connectivity index (χ0) is 14.6. The van der Waals surface area contributed by atoms with Crippen molar-refractivity contribution in [1.82, 2.24) is 10.6 Å². The van der Waals surface area contributed by atoms with E-state index in [2.05, 4.69) is 10.6 Å². The molecule has 1 unspecified atom stereocenters. The minimum Gasteiger partial charge on any atom is -0.388 e. The third kappa shape index (κ3) is 4.69. The monoisotopic (exact) mass is 306 g/mol. The average Bonchev–Trinajstić information content (AvgIpc) is 2.36. The molecule has 1 atom stereocenters. The van der Waals surface area contributed by atoms with E-state index in [-0.39, 0.29) is 36.4 Å². The lowest BCUT2D eigenvalue weighted by Crippen LogP contribution is -2.50. The van der Waals surface area contributed by atoms with Crippen LogP contribution < -0.4 is 10.6 Å². The molecule has 7 nitrogen and oxygen atoms in total. The van der Waals surface area contributed by atoms with Crippen LogP contribution in [0.1, 0.15) is 19.3 Å². The fourth-order valence-corrected chi connectivity index (χ4v) is 3.93. The van der Waals surface area contributed by atoms with Crippen molar-refractivity contribution in [2.24, 2.45) is 0 Å². The van der Waals surface area contributed by atoms with Crippen molar-refractivity contribution in [3.63, 3.8) is 0 Å². The van der Waals surface area contributed by atoms with Gasteiger partial charge in [0, 0.05) is 51.6 Å². The average molecular weight is 306 g/mol. The second-order valence-electron chi connectivity index (χ2n) is 5.58. The van der Waals surface area contributed by atoms with Crippen molar-refractivity contribution >= 4 is 15.7 Å². The molecule has 3 N–H and O–H groups in total. The molecule has 0 bridgehead atoms. The second kappa shape index (κ2) is 6.38. The number of carbonyl (C=O) groups excluding carboxylic acids is 1. The Hall–Kier alpha value is -0.700. The molecule has 2 aliphatic heterocycles. The molecule has 2 aliphatic rings. The normalized spacial score (nSPS) is 28.8. The van der Waals surface area contributed by atoms with E-state index in [0.29, 0.717) is 32.6 Å². The van der Waals surface area contributed by atoms with Crippen molar-refractivity contribution in [1.29, 1.82) is 0 Å². The van der Waals surface area contributed by atoms with E-state index in [9.17, 15) is 18.3 Å². The number of nitrogens with one attached hydrogen (secondary N) is 2. The van der Waals surface area contributed by atoms with Gasteiger partial charge in [0.2, 0.25) is 5.91 Å². The van der Waals surface area contributed by atoms with E-state index in [4.69, 9.17) is 4.74 Å². The standard InChI is InChI=1S/C12H22N2O5S/c15-11(7-10-8-20(17,18)6-3-13-10)14-9-12(16)1-4-19-5-2-12/h10,13,16H,1-9H2,(H,14,15). The van der Waals surface area contributed by atoms with Gasteiger partial charge in [0.25, 0.3) is 0 Å². The van der Waals surface area contributed by atoms with Crippen molar-refractivity contribution in [3.05, 3.63) is 0 Å². The molecule has 0 aromatic carbocycles. The Morgan fingerprint density at radius 3 is 2.75 bits per heavy atom. The number of hydrogen-bond acceptors (Lipinski definition) is 6. The number of ether oxygens (including phenoxy) is 1. The van der Waals surface area contributed by atoms with Crippen LogP contribution in [-0.2, 0) is 19.4 Å². The van der Waals surface area contributed by atoms with E-state index >= 15 is 0 Å². The van der Waals surface area contributed by atoms with Gasteiger partial charge < -0.3 is 20.5 Å². The zero-order valence-electron chi connectivity index (χ0n) is 11.4. The molecule has 2 saturated heterocycles. The van der Waals surface area contributed by atoms with Crippen molar-refractivity contribution in [2.45, 2.75) is 30.9 Å². The van der Waals surface area contributed by atoms with E-state index in [0.717, 1.165) is 0 Å². The van der Waals surface area contributed by atoms with Crippen LogP contribution in [0.2, 0.25) is 0 Å². The number of amides is 1. The van der Waals surface area contributed by atoms with Crippen LogP contribution in [0.25, 0.3) is 0 Å². The maximum atomic E-state index is 11.8.